The zero-order valence-electron chi connectivity index (χ0n) is 20.3. The van der Waals surface area contributed by atoms with Crippen LogP contribution in [0.2, 0.25) is 0 Å². The van der Waals surface area contributed by atoms with Crippen LogP contribution >= 0.6 is 0 Å². The standard InChI is InChI=1S/C26H27N7O3S/c1-37(35,36)23-22(17-11-18-8-9-19(12-17)32(18)26(28)34)31-25-20(14-30-33(25)24(23)27)16-7-10-21(29-13-16)15-5-3-2-4-6-15/h2-7,10,13-14,17-19H,8-9,11-12,27H2,1H3,(H2,28,34)/t17-,18+,19-. The molecule has 3 aromatic heterocycles. The molecular formula is C26H27N7O3S. The Morgan fingerprint density at radius 1 is 1.00 bits per heavy atom. The van der Waals surface area contributed by atoms with Crippen molar-refractivity contribution in [2.75, 3.05) is 12.0 Å². The van der Waals surface area contributed by atoms with Crippen molar-refractivity contribution >= 4 is 27.3 Å². The van der Waals surface area contributed by atoms with Gasteiger partial charge in [-0.3, -0.25) is 4.98 Å². The molecule has 10 nitrogen and oxygen atoms in total. The second-order valence-electron chi connectivity index (χ2n) is 9.87. The van der Waals surface area contributed by atoms with Gasteiger partial charge in [-0.15, -0.1) is 0 Å². The van der Waals surface area contributed by atoms with E-state index in [1.54, 1.807) is 17.3 Å². The number of fused-ring (bicyclic) bond motifs is 3. The number of hydrogen-bond donors (Lipinski definition) is 2. The maximum atomic E-state index is 12.9. The number of nitrogens with zero attached hydrogens (tertiary/aromatic N) is 5. The van der Waals surface area contributed by atoms with E-state index in [2.05, 4.69) is 10.1 Å². The average Bonchev–Trinajstić information content (AvgIpc) is 3.42. The summed E-state index contributed by atoms with van der Waals surface area (Å²) in [7, 11) is -3.71. The number of hydrogen-bond acceptors (Lipinski definition) is 7. The molecule has 0 spiro atoms. The lowest BCUT2D eigenvalue weighted by atomic mass is 9.88. The summed E-state index contributed by atoms with van der Waals surface area (Å²) in [6.45, 7) is 0. The summed E-state index contributed by atoms with van der Waals surface area (Å²) >= 11 is 0. The van der Waals surface area contributed by atoms with Crippen molar-refractivity contribution in [3.05, 3.63) is 60.6 Å². The van der Waals surface area contributed by atoms with Crippen molar-refractivity contribution in [2.45, 2.75) is 48.6 Å². The fourth-order valence-electron chi connectivity index (χ4n) is 5.97. The van der Waals surface area contributed by atoms with Gasteiger partial charge in [0.05, 0.1) is 17.6 Å². The first kappa shape index (κ1) is 23.4. The monoisotopic (exact) mass is 517 g/mol. The van der Waals surface area contributed by atoms with Gasteiger partial charge in [-0.2, -0.15) is 9.61 Å². The first-order valence-electron chi connectivity index (χ1n) is 12.2. The average molecular weight is 518 g/mol. The van der Waals surface area contributed by atoms with Crippen molar-refractivity contribution in [1.82, 2.24) is 24.5 Å². The fraction of sp³-hybridized carbons (Fsp3) is 0.308. The first-order chi connectivity index (χ1) is 17.7. The van der Waals surface area contributed by atoms with Gasteiger partial charge in [0.2, 0.25) is 0 Å². The molecule has 2 bridgehead atoms. The fourth-order valence-corrected chi connectivity index (χ4v) is 7.03. The molecule has 1 aromatic carbocycles. The maximum Gasteiger partial charge on any atom is 0.315 e. The summed E-state index contributed by atoms with van der Waals surface area (Å²) in [5.41, 5.74) is 16.3. The van der Waals surface area contributed by atoms with Gasteiger partial charge in [0.25, 0.3) is 0 Å². The molecule has 0 aliphatic carbocycles. The molecule has 2 fully saturated rings. The van der Waals surface area contributed by atoms with Gasteiger partial charge in [0.1, 0.15) is 10.7 Å². The lowest BCUT2D eigenvalue weighted by Gasteiger charge is -2.38. The van der Waals surface area contributed by atoms with Crippen LogP contribution in [0.1, 0.15) is 37.3 Å². The minimum atomic E-state index is -3.71. The molecule has 3 atom stereocenters. The molecule has 0 saturated carbocycles. The van der Waals surface area contributed by atoms with Gasteiger partial charge >= 0.3 is 6.03 Å². The van der Waals surface area contributed by atoms with Crippen LogP contribution in [0.15, 0.2) is 59.8 Å². The molecule has 190 valence electrons. The molecule has 2 amide bonds. The quantitative estimate of drug-likeness (QED) is 0.422. The van der Waals surface area contributed by atoms with E-state index >= 15 is 0 Å². The molecule has 2 aliphatic rings. The Balaban J connectivity index is 1.46. The van der Waals surface area contributed by atoms with Crippen molar-refractivity contribution < 1.29 is 13.2 Å². The molecule has 6 rings (SSSR count). The zero-order valence-corrected chi connectivity index (χ0v) is 21.1. The van der Waals surface area contributed by atoms with E-state index in [1.165, 1.54) is 4.52 Å². The Morgan fingerprint density at radius 2 is 1.70 bits per heavy atom. The SMILES string of the molecule is CS(=O)(=O)c1c([C@H]2C[C@H]3CC[C@@H](C2)N3C(N)=O)nc2c(-c3ccc(-c4ccccc4)nc3)cnn2c1N. The molecule has 4 N–H and O–H groups in total. The van der Waals surface area contributed by atoms with Crippen LogP contribution < -0.4 is 11.5 Å². The Morgan fingerprint density at radius 3 is 2.30 bits per heavy atom. The van der Waals surface area contributed by atoms with E-state index in [-0.39, 0.29) is 28.7 Å². The smallest absolute Gasteiger partial charge is 0.315 e. The number of carbonyl (C=O) groups is 1. The number of urea groups is 1. The summed E-state index contributed by atoms with van der Waals surface area (Å²) in [6.07, 6.45) is 7.38. The lowest BCUT2D eigenvalue weighted by molar-refractivity contribution is 0.144. The summed E-state index contributed by atoms with van der Waals surface area (Å²) in [5.74, 6) is -0.140. The number of carbonyl (C=O) groups excluding carboxylic acids is 1. The number of benzene rings is 1. The molecule has 0 unspecified atom stereocenters. The van der Waals surface area contributed by atoms with E-state index in [4.69, 9.17) is 16.5 Å². The van der Waals surface area contributed by atoms with Crippen molar-refractivity contribution in [3.63, 3.8) is 0 Å². The molecular weight excluding hydrogens is 490 g/mol. The number of rotatable bonds is 4. The van der Waals surface area contributed by atoms with Crippen LogP contribution in [0.25, 0.3) is 28.0 Å². The molecule has 2 aliphatic heterocycles. The summed E-state index contributed by atoms with van der Waals surface area (Å²) in [5, 5.41) is 4.38. The van der Waals surface area contributed by atoms with Crippen LogP contribution in [-0.2, 0) is 9.84 Å². The minimum absolute atomic E-state index is 0.00382. The Hall–Kier alpha value is -3.99. The number of nitrogen functional groups attached to an aromatic ring is 1. The summed E-state index contributed by atoms with van der Waals surface area (Å²) in [4.78, 5) is 23.2. The van der Waals surface area contributed by atoms with Gasteiger partial charge in [0, 0.05) is 47.1 Å². The van der Waals surface area contributed by atoms with E-state index in [1.807, 2.05) is 42.5 Å². The number of aromatic nitrogens is 4. The number of pyridine rings is 1. The van der Waals surface area contributed by atoms with Gasteiger partial charge < -0.3 is 16.4 Å². The maximum absolute atomic E-state index is 12.9. The number of piperidine rings is 1. The summed E-state index contributed by atoms with van der Waals surface area (Å²) in [6, 6.07) is 13.2. The highest BCUT2D eigenvalue weighted by Crippen LogP contribution is 2.45. The van der Waals surface area contributed by atoms with Crippen LogP contribution in [0, 0.1) is 0 Å². The minimum Gasteiger partial charge on any atom is -0.382 e. The molecule has 5 heterocycles. The van der Waals surface area contributed by atoms with Crippen LogP contribution in [0.3, 0.4) is 0 Å². The summed E-state index contributed by atoms with van der Waals surface area (Å²) < 4.78 is 27.2. The van der Waals surface area contributed by atoms with E-state index < -0.39 is 15.9 Å². The van der Waals surface area contributed by atoms with Gasteiger partial charge in [-0.25, -0.2) is 18.2 Å². The second-order valence-corrected chi connectivity index (χ2v) is 11.8. The van der Waals surface area contributed by atoms with Crippen molar-refractivity contribution in [2.24, 2.45) is 5.73 Å². The first-order valence-corrected chi connectivity index (χ1v) is 14.1. The third-order valence-electron chi connectivity index (χ3n) is 7.55. The van der Waals surface area contributed by atoms with E-state index in [0.29, 0.717) is 29.7 Å². The van der Waals surface area contributed by atoms with Gasteiger partial charge in [-0.05, 0) is 31.7 Å². The second kappa shape index (κ2) is 8.55. The number of sulfone groups is 1. The highest BCUT2D eigenvalue weighted by atomic mass is 32.2. The molecule has 0 radical (unpaired) electrons. The van der Waals surface area contributed by atoms with Gasteiger partial charge in [0.15, 0.2) is 15.5 Å². The molecule has 11 heteroatoms. The highest BCUT2D eigenvalue weighted by molar-refractivity contribution is 7.91. The number of amides is 2. The normalized spacial score (nSPS) is 21.4. The van der Waals surface area contributed by atoms with Gasteiger partial charge in [-0.1, -0.05) is 36.4 Å². The van der Waals surface area contributed by atoms with E-state index in [0.717, 1.165) is 35.9 Å². The predicted molar refractivity (Wildman–Crippen MR) is 139 cm³/mol. The predicted octanol–water partition coefficient (Wildman–Crippen LogP) is 3.23. The number of primary amides is 1. The van der Waals surface area contributed by atoms with E-state index in [9.17, 15) is 13.2 Å². The van der Waals surface area contributed by atoms with Crippen LogP contribution in [0.5, 0.6) is 0 Å². The molecule has 4 aromatic rings. The molecule has 2 saturated heterocycles. The Labute approximate surface area is 214 Å². The third-order valence-corrected chi connectivity index (χ3v) is 8.71. The van der Waals surface area contributed by atoms with Crippen LogP contribution in [-0.4, -0.2) is 57.3 Å². The number of nitrogens with two attached hydrogens (primary N) is 2. The Kier molecular flexibility index (Phi) is 5.41. The zero-order chi connectivity index (χ0) is 25.9. The topological polar surface area (TPSA) is 150 Å². The number of anilines is 1. The molecule has 37 heavy (non-hydrogen) atoms. The highest BCUT2D eigenvalue weighted by Gasteiger charge is 2.44. The third kappa shape index (κ3) is 3.90. The Bertz CT molecular complexity index is 1600. The largest absolute Gasteiger partial charge is 0.382 e. The lowest BCUT2D eigenvalue weighted by Crippen LogP contribution is -2.48. The van der Waals surface area contributed by atoms with Crippen molar-refractivity contribution in [1.29, 1.82) is 0 Å². The van der Waals surface area contributed by atoms with Crippen molar-refractivity contribution in [3.8, 4) is 22.4 Å². The van der Waals surface area contributed by atoms with Crippen LogP contribution in [0.4, 0.5) is 10.6 Å².